The molecule has 0 heterocycles. The van der Waals surface area contributed by atoms with E-state index in [2.05, 4.69) is 34.2 Å². The predicted molar refractivity (Wildman–Crippen MR) is 103 cm³/mol. The summed E-state index contributed by atoms with van der Waals surface area (Å²) in [5, 5.41) is 6.84. The van der Waals surface area contributed by atoms with Crippen LogP contribution in [-0.4, -0.2) is 59.0 Å². The van der Waals surface area contributed by atoms with Gasteiger partial charge in [0.2, 0.25) is 10.0 Å². The second kappa shape index (κ2) is 10.3. The Labute approximate surface area is 153 Å². The molecule has 0 bridgehead atoms. The average molecular weight is 377 g/mol. The highest BCUT2D eigenvalue weighted by molar-refractivity contribution is 7.88. The molecular weight excluding hydrogens is 340 g/mol. The van der Waals surface area contributed by atoms with E-state index in [1.807, 2.05) is 13.8 Å². The van der Waals surface area contributed by atoms with Gasteiger partial charge in [0.1, 0.15) is 0 Å². The Bertz CT molecular complexity index is 518. The summed E-state index contributed by atoms with van der Waals surface area (Å²) in [6.07, 6.45) is 5.29. The Balaban J connectivity index is 2.60. The summed E-state index contributed by atoms with van der Waals surface area (Å²) in [5.74, 6) is 0.799. The molecule has 7 nitrogen and oxygen atoms in total. The number of guanidine groups is 1. The van der Waals surface area contributed by atoms with Gasteiger partial charge in [-0.15, -0.1) is 0 Å². The lowest BCUT2D eigenvalue weighted by molar-refractivity contribution is -0.133. The lowest BCUT2D eigenvalue weighted by Gasteiger charge is -2.55. The Morgan fingerprint density at radius 3 is 2.44 bits per heavy atom. The maximum Gasteiger partial charge on any atom is 0.208 e. The van der Waals surface area contributed by atoms with Gasteiger partial charge in [0.05, 0.1) is 12.4 Å². The smallest absolute Gasteiger partial charge is 0.208 e. The Kier molecular flexibility index (Phi) is 9.16. The van der Waals surface area contributed by atoms with Gasteiger partial charge >= 0.3 is 0 Å². The number of rotatable bonds is 11. The van der Waals surface area contributed by atoms with Crippen LogP contribution in [0.3, 0.4) is 0 Å². The highest BCUT2D eigenvalue weighted by Gasteiger charge is 2.53. The van der Waals surface area contributed by atoms with E-state index in [4.69, 9.17) is 4.74 Å². The first kappa shape index (κ1) is 22.2. The molecule has 0 aromatic heterocycles. The molecule has 3 N–H and O–H groups in total. The second-order valence-electron chi connectivity index (χ2n) is 6.60. The van der Waals surface area contributed by atoms with Crippen molar-refractivity contribution in [3.63, 3.8) is 0 Å². The predicted octanol–water partition coefficient (Wildman–Crippen LogP) is 1.46. The summed E-state index contributed by atoms with van der Waals surface area (Å²) in [4.78, 5) is 4.58. The minimum absolute atomic E-state index is 0.157. The zero-order chi connectivity index (χ0) is 18.9. The highest BCUT2D eigenvalue weighted by Crippen LogP contribution is 2.48. The Morgan fingerprint density at radius 1 is 1.24 bits per heavy atom. The van der Waals surface area contributed by atoms with Gasteiger partial charge in [-0.05, 0) is 39.5 Å². The van der Waals surface area contributed by atoms with Crippen LogP contribution in [-0.2, 0) is 14.8 Å². The molecule has 1 aliphatic rings. The van der Waals surface area contributed by atoms with E-state index in [1.54, 1.807) is 0 Å². The van der Waals surface area contributed by atoms with Crippen LogP contribution in [0.2, 0.25) is 0 Å². The van der Waals surface area contributed by atoms with E-state index in [0.717, 1.165) is 38.4 Å². The van der Waals surface area contributed by atoms with Gasteiger partial charge in [-0.1, -0.05) is 13.8 Å². The molecule has 1 aliphatic carbocycles. The molecule has 25 heavy (non-hydrogen) atoms. The topological polar surface area (TPSA) is 91.8 Å². The van der Waals surface area contributed by atoms with E-state index < -0.39 is 10.0 Å². The molecule has 1 rings (SSSR count). The fourth-order valence-corrected chi connectivity index (χ4v) is 4.11. The van der Waals surface area contributed by atoms with Crippen molar-refractivity contribution in [3.8, 4) is 0 Å². The minimum atomic E-state index is -3.13. The first-order valence-electron chi connectivity index (χ1n) is 9.44. The van der Waals surface area contributed by atoms with Crippen LogP contribution in [0.4, 0.5) is 0 Å². The van der Waals surface area contributed by atoms with Gasteiger partial charge in [0, 0.05) is 37.7 Å². The lowest BCUT2D eigenvalue weighted by Crippen LogP contribution is -2.65. The van der Waals surface area contributed by atoms with Crippen LogP contribution in [0, 0.1) is 5.41 Å². The SMILES string of the molecule is CCNC(=NCCCNS(C)(=O)=O)NC1CC(OCC)C1(CC)CC. The molecule has 0 saturated heterocycles. The van der Waals surface area contributed by atoms with Gasteiger partial charge in [-0.2, -0.15) is 0 Å². The van der Waals surface area contributed by atoms with E-state index in [-0.39, 0.29) is 5.41 Å². The summed E-state index contributed by atoms with van der Waals surface area (Å²) in [6, 6.07) is 0.353. The summed E-state index contributed by atoms with van der Waals surface area (Å²) < 4.78 is 30.5. The van der Waals surface area contributed by atoms with Crippen LogP contribution in [0.15, 0.2) is 4.99 Å². The van der Waals surface area contributed by atoms with E-state index >= 15 is 0 Å². The van der Waals surface area contributed by atoms with Crippen molar-refractivity contribution in [2.24, 2.45) is 10.4 Å². The van der Waals surface area contributed by atoms with Crippen molar-refractivity contribution in [3.05, 3.63) is 0 Å². The molecule has 0 aromatic rings. The van der Waals surface area contributed by atoms with Gasteiger partial charge in [0.15, 0.2) is 5.96 Å². The van der Waals surface area contributed by atoms with Crippen LogP contribution in [0.1, 0.15) is 53.4 Å². The number of hydrogen-bond donors (Lipinski definition) is 3. The summed E-state index contributed by atoms with van der Waals surface area (Å²) in [6.45, 7) is 11.1. The van der Waals surface area contributed by atoms with Crippen LogP contribution in [0.5, 0.6) is 0 Å². The molecule has 8 heteroatoms. The highest BCUT2D eigenvalue weighted by atomic mass is 32.2. The second-order valence-corrected chi connectivity index (χ2v) is 8.43. The molecule has 0 aromatic carbocycles. The van der Waals surface area contributed by atoms with Crippen molar-refractivity contribution in [2.45, 2.75) is 65.5 Å². The van der Waals surface area contributed by atoms with Crippen molar-refractivity contribution >= 4 is 16.0 Å². The van der Waals surface area contributed by atoms with Crippen molar-refractivity contribution in [1.82, 2.24) is 15.4 Å². The maximum absolute atomic E-state index is 11.1. The van der Waals surface area contributed by atoms with E-state index in [1.165, 1.54) is 6.26 Å². The Morgan fingerprint density at radius 2 is 1.92 bits per heavy atom. The van der Waals surface area contributed by atoms with E-state index in [0.29, 0.717) is 31.7 Å². The van der Waals surface area contributed by atoms with Gasteiger partial charge in [-0.3, -0.25) is 4.99 Å². The molecule has 0 radical (unpaired) electrons. The largest absolute Gasteiger partial charge is 0.378 e. The number of aliphatic imine (C=N–C) groups is 1. The standard InChI is InChI=1S/C17H36N4O3S/c1-6-17(7-2)14(13-15(17)24-9-4)21-16(18-8-3)19-11-10-12-20-25(5,22)23/h14-15,20H,6-13H2,1-5H3,(H2,18,19,21). The van der Waals surface area contributed by atoms with Crippen molar-refractivity contribution in [1.29, 1.82) is 0 Å². The number of nitrogens with zero attached hydrogens (tertiary/aromatic N) is 1. The fourth-order valence-electron chi connectivity index (χ4n) is 3.60. The molecule has 148 valence electrons. The number of sulfonamides is 1. The van der Waals surface area contributed by atoms with Crippen molar-refractivity contribution in [2.75, 3.05) is 32.5 Å². The fraction of sp³-hybridized carbons (Fsp3) is 0.941. The molecule has 2 unspecified atom stereocenters. The summed E-state index contributed by atoms with van der Waals surface area (Å²) in [7, 11) is -3.13. The zero-order valence-corrected chi connectivity index (χ0v) is 17.2. The summed E-state index contributed by atoms with van der Waals surface area (Å²) >= 11 is 0. The monoisotopic (exact) mass is 376 g/mol. The minimum Gasteiger partial charge on any atom is -0.378 e. The molecule has 0 amide bonds. The maximum atomic E-state index is 11.1. The number of hydrogen-bond acceptors (Lipinski definition) is 4. The quantitative estimate of drug-likeness (QED) is 0.288. The normalized spacial score (nSPS) is 23.2. The zero-order valence-electron chi connectivity index (χ0n) is 16.4. The first-order valence-corrected chi connectivity index (χ1v) is 11.3. The van der Waals surface area contributed by atoms with Gasteiger partial charge in [-0.25, -0.2) is 13.1 Å². The third kappa shape index (κ3) is 6.42. The number of nitrogens with one attached hydrogen (secondary N) is 3. The third-order valence-corrected chi connectivity index (χ3v) is 5.82. The molecule has 1 fully saturated rings. The summed E-state index contributed by atoms with van der Waals surface area (Å²) in [5.41, 5.74) is 0.157. The van der Waals surface area contributed by atoms with Crippen LogP contribution >= 0.6 is 0 Å². The molecule has 2 atom stereocenters. The molecule has 1 saturated carbocycles. The van der Waals surface area contributed by atoms with Gasteiger partial charge in [0.25, 0.3) is 0 Å². The molecule has 0 spiro atoms. The average Bonchev–Trinajstić information content (AvgIpc) is 2.53. The third-order valence-electron chi connectivity index (χ3n) is 5.09. The first-order chi connectivity index (χ1) is 11.8. The van der Waals surface area contributed by atoms with Crippen molar-refractivity contribution < 1.29 is 13.2 Å². The lowest BCUT2D eigenvalue weighted by atomic mass is 9.58. The number of ether oxygens (including phenoxy) is 1. The van der Waals surface area contributed by atoms with E-state index in [9.17, 15) is 8.42 Å². The van der Waals surface area contributed by atoms with Crippen LogP contribution in [0.25, 0.3) is 0 Å². The van der Waals surface area contributed by atoms with Gasteiger partial charge < -0.3 is 15.4 Å². The molecular formula is C17H36N4O3S. The van der Waals surface area contributed by atoms with Crippen LogP contribution < -0.4 is 15.4 Å². The Hall–Kier alpha value is -0.860. The molecule has 0 aliphatic heterocycles.